The van der Waals surface area contributed by atoms with Crippen LogP contribution in [0.1, 0.15) is 5.76 Å². The van der Waals surface area contributed by atoms with Crippen molar-refractivity contribution >= 4 is 5.91 Å². The average molecular weight is 292 g/mol. The van der Waals surface area contributed by atoms with Crippen LogP contribution in [0.3, 0.4) is 0 Å². The molecule has 7 nitrogen and oxygen atoms in total. The summed E-state index contributed by atoms with van der Waals surface area (Å²) in [5.41, 5.74) is -0.384. The molecule has 0 saturated heterocycles. The molecule has 0 saturated carbocycles. The molecular formula is C14H16N2O5. The zero-order valence-electron chi connectivity index (χ0n) is 11.3. The molecule has 0 aliphatic rings. The van der Waals surface area contributed by atoms with Gasteiger partial charge in [0.1, 0.15) is 5.76 Å². The predicted octanol–water partition coefficient (Wildman–Crippen LogP) is 0.129. The van der Waals surface area contributed by atoms with Crippen molar-refractivity contribution in [2.45, 2.75) is 13.1 Å². The van der Waals surface area contributed by atoms with Gasteiger partial charge < -0.3 is 24.1 Å². The molecule has 0 atom stereocenters. The molecule has 1 amide bonds. The lowest BCUT2D eigenvalue weighted by Crippen LogP contribution is -2.30. The van der Waals surface area contributed by atoms with E-state index in [1.165, 1.54) is 16.9 Å². The Morgan fingerprint density at radius 1 is 1.38 bits per heavy atom. The minimum absolute atomic E-state index is 0.0686. The van der Waals surface area contributed by atoms with Gasteiger partial charge in [0.2, 0.25) is 0 Å². The third kappa shape index (κ3) is 4.22. The monoisotopic (exact) mass is 292 g/mol. The van der Waals surface area contributed by atoms with Crippen LogP contribution in [0.5, 0.6) is 5.75 Å². The molecule has 0 aliphatic carbocycles. The first-order valence-corrected chi connectivity index (χ1v) is 6.43. The first-order chi connectivity index (χ1) is 10.2. The molecule has 0 spiro atoms. The molecule has 112 valence electrons. The Balaban J connectivity index is 1.86. The molecule has 0 aliphatic heterocycles. The van der Waals surface area contributed by atoms with Gasteiger partial charge in [-0.3, -0.25) is 9.59 Å². The van der Waals surface area contributed by atoms with Crippen LogP contribution in [0.2, 0.25) is 0 Å². The fourth-order valence-corrected chi connectivity index (χ4v) is 1.70. The number of nitrogens with one attached hydrogen (secondary N) is 1. The maximum Gasteiger partial charge on any atom is 0.292 e. The van der Waals surface area contributed by atoms with E-state index in [-0.39, 0.29) is 43.5 Å². The Bertz CT molecular complexity index is 633. The van der Waals surface area contributed by atoms with Crippen molar-refractivity contribution in [1.29, 1.82) is 0 Å². The van der Waals surface area contributed by atoms with Crippen molar-refractivity contribution in [1.82, 2.24) is 9.88 Å². The number of aliphatic hydroxyl groups excluding tert-OH is 1. The van der Waals surface area contributed by atoms with Crippen molar-refractivity contribution in [3.63, 3.8) is 0 Å². The Morgan fingerprint density at radius 2 is 2.24 bits per heavy atom. The quantitative estimate of drug-likeness (QED) is 0.756. The van der Waals surface area contributed by atoms with Gasteiger partial charge >= 0.3 is 0 Å². The van der Waals surface area contributed by atoms with Crippen LogP contribution >= 0.6 is 0 Å². The van der Waals surface area contributed by atoms with Gasteiger partial charge in [-0.15, -0.1) is 0 Å². The second kappa shape index (κ2) is 7.30. The third-order valence-corrected chi connectivity index (χ3v) is 2.72. The molecule has 7 heteroatoms. The van der Waals surface area contributed by atoms with E-state index in [0.717, 1.165) is 0 Å². The van der Waals surface area contributed by atoms with Crippen LogP contribution in [0.4, 0.5) is 0 Å². The topological polar surface area (TPSA) is 93.7 Å². The van der Waals surface area contributed by atoms with Gasteiger partial charge in [0, 0.05) is 12.7 Å². The van der Waals surface area contributed by atoms with Gasteiger partial charge in [-0.25, -0.2) is 0 Å². The van der Waals surface area contributed by atoms with E-state index in [9.17, 15) is 9.59 Å². The maximum atomic E-state index is 11.9. The van der Waals surface area contributed by atoms with Crippen molar-refractivity contribution < 1.29 is 19.1 Å². The van der Waals surface area contributed by atoms with Gasteiger partial charge in [0.25, 0.3) is 11.5 Å². The van der Waals surface area contributed by atoms with Crippen molar-refractivity contribution in [3.05, 3.63) is 52.8 Å². The van der Waals surface area contributed by atoms with Gasteiger partial charge in [-0.05, 0) is 24.3 Å². The number of hydrogen-bond donors (Lipinski definition) is 2. The molecule has 0 aromatic carbocycles. The number of nitrogens with zero attached hydrogens (tertiary/aromatic N) is 1. The molecule has 2 N–H and O–H groups in total. The highest BCUT2D eigenvalue weighted by atomic mass is 16.5. The third-order valence-electron chi connectivity index (χ3n) is 2.72. The summed E-state index contributed by atoms with van der Waals surface area (Å²) in [5.74, 6) is 0.343. The van der Waals surface area contributed by atoms with Crippen molar-refractivity contribution in [3.8, 4) is 5.75 Å². The molecule has 2 heterocycles. The number of furan rings is 1. The molecule has 2 aromatic heterocycles. The summed E-state index contributed by atoms with van der Waals surface area (Å²) in [6.07, 6.45) is 3.06. The number of rotatable bonds is 7. The number of ether oxygens (including phenoxy) is 1. The standard InChI is InChI=1S/C14H16N2O5/c17-7-6-16-5-1-4-12(14(16)19)21-10-13(18)15-9-11-3-2-8-20-11/h1-5,8,17H,6-7,9-10H2,(H,15,18). The Labute approximate surface area is 120 Å². The van der Waals surface area contributed by atoms with Gasteiger partial charge in [-0.2, -0.15) is 0 Å². The Kier molecular flexibility index (Phi) is 5.16. The number of aliphatic hydroxyl groups is 1. The van der Waals surface area contributed by atoms with E-state index >= 15 is 0 Å². The molecule has 0 fully saturated rings. The van der Waals surface area contributed by atoms with E-state index in [2.05, 4.69) is 5.32 Å². The minimum Gasteiger partial charge on any atom is -0.478 e. The van der Waals surface area contributed by atoms with Gasteiger partial charge in [-0.1, -0.05) is 0 Å². The Morgan fingerprint density at radius 3 is 2.95 bits per heavy atom. The summed E-state index contributed by atoms with van der Waals surface area (Å²) in [6.45, 7) is 0.0333. The molecule has 2 aromatic rings. The normalized spacial score (nSPS) is 10.3. The van der Waals surface area contributed by atoms with Crippen LogP contribution in [-0.2, 0) is 17.9 Å². The minimum atomic E-state index is -0.384. The lowest BCUT2D eigenvalue weighted by atomic mass is 10.4. The van der Waals surface area contributed by atoms with E-state index in [0.29, 0.717) is 5.76 Å². The summed E-state index contributed by atoms with van der Waals surface area (Å²) in [7, 11) is 0. The van der Waals surface area contributed by atoms with Crippen molar-refractivity contribution in [2.75, 3.05) is 13.2 Å². The molecule has 2 rings (SSSR count). The zero-order valence-corrected chi connectivity index (χ0v) is 11.3. The number of pyridine rings is 1. The van der Waals surface area contributed by atoms with E-state index in [1.807, 2.05) is 0 Å². The van der Waals surface area contributed by atoms with Crippen LogP contribution in [0.15, 0.2) is 45.9 Å². The van der Waals surface area contributed by atoms with Crippen molar-refractivity contribution in [2.24, 2.45) is 0 Å². The Hall–Kier alpha value is -2.54. The van der Waals surface area contributed by atoms with E-state index < -0.39 is 0 Å². The van der Waals surface area contributed by atoms with E-state index in [1.54, 1.807) is 24.4 Å². The van der Waals surface area contributed by atoms with Gasteiger partial charge in [0.05, 0.1) is 19.4 Å². The van der Waals surface area contributed by atoms with Crippen LogP contribution in [0.25, 0.3) is 0 Å². The van der Waals surface area contributed by atoms with Crippen LogP contribution < -0.4 is 15.6 Å². The lowest BCUT2D eigenvalue weighted by molar-refractivity contribution is -0.123. The van der Waals surface area contributed by atoms with Crippen LogP contribution in [0, 0.1) is 0 Å². The number of amides is 1. The largest absolute Gasteiger partial charge is 0.478 e. The second-order valence-electron chi connectivity index (χ2n) is 4.24. The van der Waals surface area contributed by atoms with Gasteiger partial charge in [0.15, 0.2) is 12.4 Å². The highest BCUT2D eigenvalue weighted by Crippen LogP contribution is 2.02. The summed E-state index contributed by atoms with van der Waals surface area (Å²) >= 11 is 0. The fraction of sp³-hybridized carbons (Fsp3) is 0.286. The highest BCUT2D eigenvalue weighted by Gasteiger charge is 2.07. The lowest BCUT2D eigenvalue weighted by Gasteiger charge is -2.08. The molecule has 0 unspecified atom stereocenters. The molecule has 0 bridgehead atoms. The molecular weight excluding hydrogens is 276 g/mol. The molecule has 0 radical (unpaired) electrons. The molecule has 21 heavy (non-hydrogen) atoms. The van der Waals surface area contributed by atoms with Crippen LogP contribution in [-0.4, -0.2) is 28.8 Å². The number of carbonyl (C=O) groups excluding carboxylic acids is 1. The number of aromatic nitrogens is 1. The first kappa shape index (κ1) is 14.9. The predicted molar refractivity (Wildman–Crippen MR) is 73.8 cm³/mol. The summed E-state index contributed by atoms with van der Waals surface area (Å²) in [5, 5.41) is 11.4. The maximum absolute atomic E-state index is 11.9. The number of carbonyl (C=O) groups is 1. The SMILES string of the molecule is O=C(COc1cccn(CCO)c1=O)NCc1ccco1. The zero-order chi connectivity index (χ0) is 15.1. The van der Waals surface area contributed by atoms with E-state index in [4.69, 9.17) is 14.3 Å². The second-order valence-corrected chi connectivity index (χ2v) is 4.24. The first-order valence-electron chi connectivity index (χ1n) is 6.43. The fourth-order valence-electron chi connectivity index (χ4n) is 1.70. The smallest absolute Gasteiger partial charge is 0.292 e. The highest BCUT2D eigenvalue weighted by molar-refractivity contribution is 5.77. The summed E-state index contributed by atoms with van der Waals surface area (Å²) < 4.78 is 11.6. The average Bonchev–Trinajstić information content (AvgIpc) is 2.99. The summed E-state index contributed by atoms with van der Waals surface area (Å²) in [4.78, 5) is 23.5. The number of hydrogen-bond acceptors (Lipinski definition) is 5. The summed E-state index contributed by atoms with van der Waals surface area (Å²) in [6, 6.07) is 6.57.